The standard InChI is InChI=1S/C26H25N3O/c1-2-29(17-19-11-5-3-6-12-19)18-23-25(26(27)30)24(20-13-7-4-8-14-20)21-15-9-10-16-22(21)28-23/h3-16H,2,17-18H2,1H3,(H2,27,30). The summed E-state index contributed by atoms with van der Waals surface area (Å²) in [4.78, 5) is 19.8. The van der Waals surface area contributed by atoms with E-state index in [1.54, 1.807) is 0 Å². The van der Waals surface area contributed by atoms with Gasteiger partial charge in [-0.05, 0) is 23.7 Å². The highest BCUT2D eigenvalue weighted by molar-refractivity contribution is 6.09. The van der Waals surface area contributed by atoms with Crippen molar-refractivity contribution in [2.24, 2.45) is 5.73 Å². The topological polar surface area (TPSA) is 59.2 Å². The van der Waals surface area contributed by atoms with Crippen molar-refractivity contribution in [2.45, 2.75) is 20.0 Å². The van der Waals surface area contributed by atoms with Crippen LogP contribution in [0.25, 0.3) is 22.0 Å². The lowest BCUT2D eigenvalue weighted by molar-refractivity contribution is 0.0998. The molecule has 1 aromatic heterocycles. The molecule has 4 heteroatoms. The Balaban J connectivity index is 1.85. The minimum Gasteiger partial charge on any atom is -0.366 e. The van der Waals surface area contributed by atoms with Crippen molar-refractivity contribution in [1.29, 1.82) is 0 Å². The van der Waals surface area contributed by atoms with Crippen LogP contribution >= 0.6 is 0 Å². The summed E-state index contributed by atoms with van der Waals surface area (Å²) >= 11 is 0. The van der Waals surface area contributed by atoms with Crippen molar-refractivity contribution in [1.82, 2.24) is 9.88 Å². The highest BCUT2D eigenvalue weighted by atomic mass is 16.1. The SMILES string of the molecule is CCN(Cc1ccccc1)Cc1nc2ccccc2c(-c2ccccc2)c1C(N)=O. The lowest BCUT2D eigenvalue weighted by Gasteiger charge is -2.23. The number of para-hydroxylation sites is 1. The van der Waals surface area contributed by atoms with Crippen LogP contribution in [0.1, 0.15) is 28.5 Å². The number of aromatic nitrogens is 1. The maximum Gasteiger partial charge on any atom is 0.251 e. The molecule has 0 radical (unpaired) electrons. The molecular formula is C26H25N3O. The van der Waals surface area contributed by atoms with Crippen LogP contribution in [0.5, 0.6) is 0 Å². The number of carbonyl (C=O) groups is 1. The van der Waals surface area contributed by atoms with Crippen LogP contribution in [0, 0.1) is 0 Å². The van der Waals surface area contributed by atoms with E-state index in [2.05, 4.69) is 24.0 Å². The normalized spacial score (nSPS) is 11.1. The van der Waals surface area contributed by atoms with Crippen LogP contribution in [0.3, 0.4) is 0 Å². The molecule has 0 spiro atoms. The van der Waals surface area contributed by atoms with Gasteiger partial charge in [-0.2, -0.15) is 0 Å². The van der Waals surface area contributed by atoms with E-state index in [-0.39, 0.29) is 0 Å². The Hall–Kier alpha value is -3.50. The number of amides is 1. The fourth-order valence-electron chi connectivity index (χ4n) is 3.88. The third-order valence-electron chi connectivity index (χ3n) is 5.35. The molecule has 1 heterocycles. The van der Waals surface area contributed by atoms with Gasteiger partial charge in [-0.15, -0.1) is 0 Å². The van der Waals surface area contributed by atoms with Gasteiger partial charge >= 0.3 is 0 Å². The molecular weight excluding hydrogens is 370 g/mol. The van der Waals surface area contributed by atoms with Crippen LogP contribution in [0.4, 0.5) is 0 Å². The summed E-state index contributed by atoms with van der Waals surface area (Å²) in [5.74, 6) is -0.446. The zero-order chi connectivity index (χ0) is 20.9. The summed E-state index contributed by atoms with van der Waals surface area (Å²) in [5.41, 5.74) is 11.1. The third-order valence-corrected chi connectivity index (χ3v) is 5.35. The zero-order valence-corrected chi connectivity index (χ0v) is 17.1. The maximum atomic E-state index is 12.7. The predicted octanol–water partition coefficient (Wildman–Crippen LogP) is 5.02. The van der Waals surface area contributed by atoms with E-state index in [1.165, 1.54) is 5.56 Å². The molecule has 0 unspecified atom stereocenters. The lowest BCUT2D eigenvalue weighted by Crippen LogP contribution is -2.26. The number of hydrogen-bond acceptors (Lipinski definition) is 3. The van der Waals surface area contributed by atoms with E-state index in [4.69, 9.17) is 10.7 Å². The van der Waals surface area contributed by atoms with Crippen LogP contribution in [0.2, 0.25) is 0 Å². The minimum atomic E-state index is -0.446. The fraction of sp³-hybridized carbons (Fsp3) is 0.154. The van der Waals surface area contributed by atoms with Gasteiger partial charge in [0.1, 0.15) is 0 Å². The number of carbonyl (C=O) groups excluding carboxylic acids is 1. The molecule has 3 aromatic carbocycles. The quantitative estimate of drug-likeness (QED) is 0.478. The summed E-state index contributed by atoms with van der Waals surface area (Å²) in [7, 11) is 0. The summed E-state index contributed by atoms with van der Waals surface area (Å²) < 4.78 is 0. The highest BCUT2D eigenvalue weighted by Gasteiger charge is 2.21. The smallest absolute Gasteiger partial charge is 0.251 e. The predicted molar refractivity (Wildman–Crippen MR) is 122 cm³/mol. The maximum absolute atomic E-state index is 12.7. The van der Waals surface area contributed by atoms with Gasteiger partial charge in [-0.1, -0.05) is 85.8 Å². The number of primary amides is 1. The van der Waals surface area contributed by atoms with Crippen molar-refractivity contribution in [3.8, 4) is 11.1 Å². The second-order valence-electron chi connectivity index (χ2n) is 7.34. The van der Waals surface area contributed by atoms with E-state index in [9.17, 15) is 4.79 Å². The molecule has 0 fully saturated rings. The van der Waals surface area contributed by atoms with E-state index in [0.717, 1.165) is 40.8 Å². The van der Waals surface area contributed by atoms with Crippen LogP contribution in [0.15, 0.2) is 84.9 Å². The monoisotopic (exact) mass is 395 g/mol. The fourth-order valence-corrected chi connectivity index (χ4v) is 3.88. The van der Waals surface area contributed by atoms with Gasteiger partial charge in [-0.25, -0.2) is 0 Å². The Labute approximate surface area is 177 Å². The Morgan fingerprint density at radius 1 is 0.867 bits per heavy atom. The van der Waals surface area contributed by atoms with Gasteiger partial charge in [0.25, 0.3) is 5.91 Å². The molecule has 2 N–H and O–H groups in total. The number of rotatable bonds is 7. The molecule has 30 heavy (non-hydrogen) atoms. The van der Waals surface area contributed by atoms with E-state index in [1.807, 2.05) is 72.8 Å². The van der Waals surface area contributed by atoms with Gasteiger partial charge in [0.2, 0.25) is 0 Å². The second-order valence-corrected chi connectivity index (χ2v) is 7.34. The van der Waals surface area contributed by atoms with Gasteiger partial charge in [0.15, 0.2) is 0 Å². The number of nitrogens with two attached hydrogens (primary N) is 1. The average Bonchev–Trinajstić information content (AvgIpc) is 2.78. The van der Waals surface area contributed by atoms with Gasteiger partial charge in [-0.3, -0.25) is 14.7 Å². The summed E-state index contributed by atoms with van der Waals surface area (Å²) in [6.07, 6.45) is 0. The first-order valence-corrected chi connectivity index (χ1v) is 10.2. The molecule has 0 atom stereocenters. The molecule has 4 nitrogen and oxygen atoms in total. The number of pyridine rings is 1. The number of nitrogens with zero attached hydrogens (tertiary/aromatic N) is 2. The first-order valence-electron chi connectivity index (χ1n) is 10.2. The van der Waals surface area contributed by atoms with Crippen LogP contribution in [-0.4, -0.2) is 22.3 Å². The van der Waals surface area contributed by atoms with E-state index in [0.29, 0.717) is 12.1 Å². The molecule has 0 aliphatic heterocycles. The molecule has 0 saturated carbocycles. The molecule has 150 valence electrons. The molecule has 0 bridgehead atoms. The second kappa shape index (κ2) is 8.89. The van der Waals surface area contributed by atoms with Crippen molar-refractivity contribution < 1.29 is 4.79 Å². The minimum absolute atomic E-state index is 0.446. The van der Waals surface area contributed by atoms with Gasteiger partial charge in [0.05, 0.1) is 16.8 Å². The zero-order valence-electron chi connectivity index (χ0n) is 17.1. The van der Waals surface area contributed by atoms with E-state index < -0.39 is 5.91 Å². The third kappa shape index (κ3) is 4.09. The Morgan fingerprint density at radius 3 is 2.17 bits per heavy atom. The van der Waals surface area contributed by atoms with E-state index >= 15 is 0 Å². The molecule has 0 aliphatic rings. The van der Waals surface area contributed by atoms with Crippen molar-refractivity contribution >= 4 is 16.8 Å². The van der Waals surface area contributed by atoms with Crippen molar-refractivity contribution in [3.63, 3.8) is 0 Å². The summed E-state index contributed by atoms with van der Waals surface area (Å²) in [6, 6.07) is 28.2. The van der Waals surface area contributed by atoms with Crippen molar-refractivity contribution in [3.05, 3.63) is 102 Å². The Kier molecular flexibility index (Phi) is 5.87. The lowest BCUT2D eigenvalue weighted by atomic mass is 9.93. The average molecular weight is 396 g/mol. The molecule has 0 saturated heterocycles. The highest BCUT2D eigenvalue weighted by Crippen LogP contribution is 2.33. The number of fused-ring (bicyclic) bond motifs is 1. The first-order chi connectivity index (χ1) is 14.7. The number of hydrogen-bond donors (Lipinski definition) is 1. The Morgan fingerprint density at radius 2 is 1.50 bits per heavy atom. The molecule has 4 rings (SSSR count). The largest absolute Gasteiger partial charge is 0.366 e. The summed E-state index contributed by atoms with van der Waals surface area (Å²) in [5, 5.41) is 0.937. The van der Waals surface area contributed by atoms with Crippen molar-refractivity contribution in [2.75, 3.05) is 6.54 Å². The molecule has 0 aliphatic carbocycles. The van der Waals surface area contributed by atoms with Crippen LogP contribution < -0.4 is 5.73 Å². The Bertz CT molecular complexity index is 1160. The molecule has 1 amide bonds. The first kappa shape index (κ1) is 19.8. The van der Waals surface area contributed by atoms with Crippen LogP contribution in [-0.2, 0) is 13.1 Å². The summed E-state index contributed by atoms with van der Waals surface area (Å²) in [6.45, 7) is 4.29. The molecule has 4 aromatic rings. The number of benzene rings is 3. The van der Waals surface area contributed by atoms with Gasteiger partial charge < -0.3 is 5.73 Å². The van der Waals surface area contributed by atoms with Gasteiger partial charge in [0, 0.05) is 24.0 Å².